The van der Waals surface area contributed by atoms with Gasteiger partial charge in [-0.1, -0.05) is 13.3 Å². The number of aryl methyl sites for hydroxylation is 3. The van der Waals surface area contributed by atoms with E-state index in [2.05, 4.69) is 21.9 Å². The summed E-state index contributed by atoms with van der Waals surface area (Å²) in [5.74, 6) is 0.545. The van der Waals surface area contributed by atoms with E-state index in [1.165, 1.54) is 7.11 Å². The molecule has 5 nitrogen and oxygen atoms in total. The number of imidazole rings is 1. The molecule has 0 bridgehead atoms. The van der Waals surface area contributed by atoms with Gasteiger partial charge in [-0.25, -0.2) is 9.78 Å². The molecule has 0 radical (unpaired) electrons. The number of nitrogens with zero attached hydrogens (tertiary/aromatic N) is 2. The number of aromatic nitrogens is 3. The van der Waals surface area contributed by atoms with Crippen LogP contribution in [0.15, 0.2) is 12.3 Å². The number of rotatable bonds is 5. The molecule has 5 heteroatoms. The van der Waals surface area contributed by atoms with Crippen LogP contribution in [0.2, 0.25) is 0 Å². The lowest BCUT2D eigenvalue weighted by atomic mass is 10.0. The van der Waals surface area contributed by atoms with Gasteiger partial charge in [-0.15, -0.1) is 0 Å². The lowest BCUT2D eigenvalue weighted by molar-refractivity contribution is 0.0600. The van der Waals surface area contributed by atoms with E-state index in [1.807, 2.05) is 19.9 Å². The fraction of sp³-hybridized carbons (Fsp3) is 0.438. The first kappa shape index (κ1) is 15.2. The molecular weight excluding hydrogens is 266 g/mol. The van der Waals surface area contributed by atoms with Crippen molar-refractivity contribution < 1.29 is 9.53 Å². The molecule has 0 fully saturated rings. The molecule has 2 rings (SSSR count). The topological polar surface area (TPSA) is 67.9 Å². The minimum absolute atomic E-state index is 0.375. The third kappa shape index (κ3) is 3.29. The number of hydrogen-bond donors (Lipinski definition) is 1. The van der Waals surface area contributed by atoms with Gasteiger partial charge in [0.25, 0.3) is 0 Å². The van der Waals surface area contributed by atoms with Gasteiger partial charge >= 0.3 is 5.97 Å². The van der Waals surface area contributed by atoms with Gasteiger partial charge in [-0.05, 0) is 31.9 Å². The molecule has 0 unspecified atom stereocenters. The highest BCUT2D eigenvalue weighted by molar-refractivity contribution is 5.97. The van der Waals surface area contributed by atoms with Gasteiger partial charge < -0.3 is 9.72 Å². The Balaban J connectivity index is 2.47. The number of unbranched alkanes of at least 4 members (excludes halogenated alkanes) is 1. The second kappa shape index (κ2) is 6.52. The van der Waals surface area contributed by atoms with Gasteiger partial charge in [-0.3, -0.25) is 4.98 Å². The Kier molecular flexibility index (Phi) is 4.73. The molecule has 2 aromatic heterocycles. The molecule has 0 aliphatic rings. The fourth-order valence-corrected chi connectivity index (χ4v) is 2.35. The van der Waals surface area contributed by atoms with Crippen LogP contribution in [-0.4, -0.2) is 28.0 Å². The van der Waals surface area contributed by atoms with Crippen molar-refractivity contribution in [3.8, 4) is 11.4 Å². The van der Waals surface area contributed by atoms with E-state index in [1.54, 1.807) is 6.20 Å². The van der Waals surface area contributed by atoms with Crippen molar-refractivity contribution in [3.05, 3.63) is 34.9 Å². The number of methoxy groups -OCH3 is 1. The van der Waals surface area contributed by atoms with Gasteiger partial charge in [0.1, 0.15) is 11.5 Å². The maximum atomic E-state index is 12.0. The maximum Gasteiger partial charge on any atom is 0.340 e. The summed E-state index contributed by atoms with van der Waals surface area (Å²) in [6.07, 6.45) is 4.83. The van der Waals surface area contributed by atoms with Crippen LogP contribution in [0.1, 0.15) is 47.2 Å². The van der Waals surface area contributed by atoms with Gasteiger partial charge in [0.2, 0.25) is 0 Å². The number of aromatic amines is 1. The highest BCUT2D eigenvalue weighted by atomic mass is 16.5. The average molecular weight is 287 g/mol. The Morgan fingerprint density at radius 1 is 1.38 bits per heavy atom. The normalized spacial score (nSPS) is 10.7. The van der Waals surface area contributed by atoms with Crippen molar-refractivity contribution in [3.63, 3.8) is 0 Å². The number of ether oxygens (including phenoxy) is 1. The zero-order valence-corrected chi connectivity index (χ0v) is 13.0. The summed E-state index contributed by atoms with van der Waals surface area (Å²) in [7, 11) is 1.38. The average Bonchev–Trinajstić information content (AvgIpc) is 2.92. The van der Waals surface area contributed by atoms with Crippen LogP contribution >= 0.6 is 0 Å². The molecule has 0 atom stereocenters. The van der Waals surface area contributed by atoms with Gasteiger partial charge in [0.05, 0.1) is 24.6 Å². The third-order valence-corrected chi connectivity index (χ3v) is 3.38. The molecule has 21 heavy (non-hydrogen) atoms. The highest BCUT2D eigenvalue weighted by Gasteiger charge is 2.19. The molecule has 2 heterocycles. The first-order chi connectivity index (χ1) is 10.1. The van der Waals surface area contributed by atoms with Gasteiger partial charge in [-0.2, -0.15) is 0 Å². The molecule has 0 aliphatic carbocycles. The monoisotopic (exact) mass is 287 g/mol. The van der Waals surface area contributed by atoms with Gasteiger partial charge in [0.15, 0.2) is 0 Å². The number of pyridine rings is 1. The van der Waals surface area contributed by atoms with Crippen LogP contribution < -0.4 is 0 Å². The van der Waals surface area contributed by atoms with Crippen LogP contribution in [0.5, 0.6) is 0 Å². The smallest absolute Gasteiger partial charge is 0.340 e. The third-order valence-electron chi connectivity index (χ3n) is 3.38. The molecule has 0 aromatic carbocycles. The number of carbonyl (C=O) groups excluding carboxylic acids is 1. The van der Waals surface area contributed by atoms with Crippen molar-refractivity contribution in [1.82, 2.24) is 15.0 Å². The standard InChI is InChI=1S/C16H21N3O2/c1-5-6-7-13-17-9-12(19-13)15-14(16(20)21-4)10(2)8-11(3)18-15/h8-9H,5-7H2,1-4H3,(H,17,19). The molecular formula is C16H21N3O2. The van der Waals surface area contributed by atoms with E-state index in [4.69, 9.17) is 4.74 Å². The second-order valence-electron chi connectivity index (χ2n) is 5.14. The number of nitrogens with one attached hydrogen (secondary N) is 1. The maximum absolute atomic E-state index is 12.0. The summed E-state index contributed by atoms with van der Waals surface area (Å²) in [4.78, 5) is 24.1. The van der Waals surface area contributed by atoms with Crippen LogP contribution in [0, 0.1) is 13.8 Å². The molecule has 112 valence electrons. The number of hydrogen-bond acceptors (Lipinski definition) is 4. The van der Waals surface area contributed by atoms with Crippen molar-refractivity contribution in [2.24, 2.45) is 0 Å². The predicted molar refractivity (Wildman–Crippen MR) is 81.2 cm³/mol. The van der Waals surface area contributed by atoms with E-state index >= 15 is 0 Å². The first-order valence-electron chi connectivity index (χ1n) is 7.17. The van der Waals surface area contributed by atoms with Crippen LogP contribution in [-0.2, 0) is 11.2 Å². The molecule has 0 saturated carbocycles. The van der Waals surface area contributed by atoms with E-state index in [0.29, 0.717) is 11.3 Å². The predicted octanol–water partition coefficient (Wildman–Crippen LogP) is 3.22. The number of H-pyrrole nitrogens is 1. The zero-order chi connectivity index (χ0) is 15.4. The van der Waals surface area contributed by atoms with Crippen molar-refractivity contribution >= 4 is 5.97 Å². The zero-order valence-electron chi connectivity index (χ0n) is 13.0. The molecule has 0 spiro atoms. The van der Waals surface area contributed by atoms with Crippen molar-refractivity contribution in [2.45, 2.75) is 40.0 Å². The quantitative estimate of drug-likeness (QED) is 0.857. The minimum atomic E-state index is -0.375. The highest BCUT2D eigenvalue weighted by Crippen LogP contribution is 2.24. The van der Waals surface area contributed by atoms with Crippen LogP contribution in [0.3, 0.4) is 0 Å². The number of carbonyl (C=O) groups is 1. The lowest BCUT2D eigenvalue weighted by Crippen LogP contribution is -2.09. The summed E-state index contributed by atoms with van der Waals surface area (Å²) in [6.45, 7) is 5.94. The van der Waals surface area contributed by atoms with Crippen molar-refractivity contribution in [2.75, 3.05) is 7.11 Å². The molecule has 0 aliphatic heterocycles. The summed E-state index contributed by atoms with van der Waals surface area (Å²) in [5, 5.41) is 0. The Labute approximate surface area is 124 Å². The molecule has 0 saturated heterocycles. The summed E-state index contributed by atoms with van der Waals surface area (Å²) in [6, 6.07) is 1.88. The summed E-state index contributed by atoms with van der Waals surface area (Å²) >= 11 is 0. The Hall–Kier alpha value is -2.17. The Bertz CT molecular complexity index is 647. The van der Waals surface area contributed by atoms with Crippen LogP contribution in [0.4, 0.5) is 0 Å². The summed E-state index contributed by atoms with van der Waals surface area (Å²) < 4.78 is 4.88. The SMILES string of the molecule is CCCCc1ncc(-c2nc(C)cc(C)c2C(=O)OC)[nH]1. The van der Waals surface area contributed by atoms with E-state index in [9.17, 15) is 4.79 Å². The molecule has 1 N–H and O–H groups in total. The molecule has 2 aromatic rings. The van der Waals surface area contributed by atoms with Gasteiger partial charge in [0, 0.05) is 12.1 Å². The Morgan fingerprint density at radius 2 is 2.14 bits per heavy atom. The minimum Gasteiger partial charge on any atom is -0.465 e. The Morgan fingerprint density at radius 3 is 2.81 bits per heavy atom. The fourth-order valence-electron chi connectivity index (χ4n) is 2.35. The lowest BCUT2D eigenvalue weighted by Gasteiger charge is -2.10. The largest absolute Gasteiger partial charge is 0.465 e. The number of esters is 1. The summed E-state index contributed by atoms with van der Waals surface area (Å²) in [5.41, 5.74) is 3.57. The van der Waals surface area contributed by atoms with E-state index < -0.39 is 0 Å². The van der Waals surface area contributed by atoms with E-state index in [-0.39, 0.29) is 5.97 Å². The van der Waals surface area contributed by atoms with Crippen LogP contribution in [0.25, 0.3) is 11.4 Å². The second-order valence-corrected chi connectivity index (χ2v) is 5.14. The van der Waals surface area contributed by atoms with E-state index in [0.717, 1.165) is 42.0 Å². The van der Waals surface area contributed by atoms with Crippen molar-refractivity contribution in [1.29, 1.82) is 0 Å². The molecule has 0 amide bonds. The first-order valence-corrected chi connectivity index (χ1v) is 7.17.